The Bertz CT molecular complexity index is 2030. The van der Waals surface area contributed by atoms with Crippen molar-refractivity contribution < 1.29 is 57.0 Å². The van der Waals surface area contributed by atoms with Crippen molar-refractivity contribution >= 4 is 50.2 Å². The maximum absolute atomic E-state index is 12.8. The Labute approximate surface area is 374 Å². The van der Waals surface area contributed by atoms with Crippen molar-refractivity contribution in [2.75, 3.05) is 59.5 Å². The van der Waals surface area contributed by atoms with E-state index in [1.807, 2.05) is 57.2 Å². The van der Waals surface area contributed by atoms with Crippen molar-refractivity contribution in [1.82, 2.24) is 0 Å². The molecule has 0 aliphatic rings. The van der Waals surface area contributed by atoms with E-state index in [-0.39, 0.29) is 19.8 Å². The smallest absolute Gasteiger partial charge is 0.344 e. The molecular formula is C51H72O12. The molecule has 0 bridgehead atoms. The zero-order valence-corrected chi connectivity index (χ0v) is 38.8. The molecule has 4 aromatic rings. The second-order valence-corrected chi connectivity index (χ2v) is 15.8. The summed E-state index contributed by atoms with van der Waals surface area (Å²) in [6.07, 6.45) is 13.6. The van der Waals surface area contributed by atoms with Gasteiger partial charge in [0.15, 0.2) is 54.3 Å². The summed E-state index contributed by atoms with van der Waals surface area (Å²) in [5.74, 6) is 1.16. The molecular weight excluding hydrogens is 805 g/mol. The number of benzene rings is 4. The highest BCUT2D eigenvalue weighted by Crippen LogP contribution is 2.47. The van der Waals surface area contributed by atoms with Crippen LogP contribution in [0.4, 0.5) is 0 Å². The number of hydrogen-bond donors (Lipinski definition) is 0. The Morgan fingerprint density at radius 2 is 0.524 bits per heavy atom. The standard InChI is InChI=1S/C51H72O12/c1-7-13-19-25-55-43-28-37-38-29-44(56-26-20-14-8-2)47(62-35-50(53)59-23-17-11-5)32-41(38)42-33-48(63-36-51(54)60-24-18-12-6)45(57-27-21-15-9-3)30-39(42)40(37)31-46(43)61-34-49(52)58-22-16-10-4/h28-33H,7-27,34-36H2,1-6H3. The molecule has 0 N–H and O–H groups in total. The number of esters is 3. The molecule has 0 aliphatic heterocycles. The summed E-state index contributed by atoms with van der Waals surface area (Å²) in [4.78, 5) is 38.5. The van der Waals surface area contributed by atoms with Gasteiger partial charge in [-0.3, -0.25) is 0 Å². The Hall–Kier alpha value is -5.13. The van der Waals surface area contributed by atoms with E-state index in [9.17, 15) is 14.4 Å². The van der Waals surface area contributed by atoms with Crippen molar-refractivity contribution in [3.05, 3.63) is 36.4 Å². The predicted octanol–water partition coefficient (Wildman–Crippen LogP) is 12.0. The molecule has 0 unspecified atom stereocenters. The van der Waals surface area contributed by atoms with Crippen molar-refractivity contribution in [2.45, 2.75) is 138 Å². The first-order valence-electron chi connectivity index (χ1n) is 23.6. The third-order valence-corrected chi connectivity index (χ3v) is 10.5. The van der Waals surface area contributed by atoms with Crippen LogP contribution in [0.5, 0.6) is 34.5 Å². The van der Waals surface area contributed by atoms with E-state index in [4.69, 9.17) is 42.6 Å². The summed E-state index contributed by atoms with van der Waals surface area (Å²) in [6, 6.07) is 11.5. The Kier molecular flexibility index (Phi) is 22.9. The van der Waals surface area contributed by atoms with Crippen LogP contribution in [0.2, 0.25) is 0 Å². The van der Waals surface area contributed by atoms with Crippen molar-refractivity contribution in [1.29, 1.82) is 0 Å². The van der Waals surface area contributed by atoms with E-state index in [0.717, 1.165) is 129 Å². The SMILES string of the molecule is CCCCCOc1cc2c3cc(OCCCCC)c(OCC(=O)OCCCC)cc3c3cc(OCC(=O)OCCCC)c(OCCCCC)cc3c2cc1OCC(=O)OCCCC. The topological polar surface area (TPSA) is 134 Å². The fraction of sp³-hybridized carbons (Fsp3) is 0.588. The summed E-state index contributed by atoms with van der Waals surface area (Å²) in [6.45, 7) is 13.9. The molecule has 0 aromatic heterocycles. The van der Waals surface area contributed by atoms with Gasteiger partial charge in [0.2, 0.25) is 0 Å². The minimum atomic E-state index is -0.475. The molecule has 0 saturated heterocycles. The highest BCUT2D eigenvalue weighted by atomic mass is 16.6. The van der Waals surface area contributed by atoms with Gasteiger partial charge in [-0.05, 0) is 107 Å². The van der Waals surface area contributed by atoms with Gasteiger partial charge in [-0.2, -0.15) is 0 Å². The lowest BCUT2D eigenvalue weighted by Gasteiger charge is -2.20. The maximum atomic E-state index is 12.8. The van der Waals surface area contributed by atoms with E-state index in [2.05, 4.69) is 20.8 Å². The molecule has 63 heavy (non-hydrogen) atoms. The molecule has 348 valence electrons. The highest BCUT2D eigenvalue weighted by molar-refractivity contribution is 6.27. The van der Waals surface area contributed by atoms with Crippen LogP contribution < -0.4 is 28.4 Å². The first kappa shape index (κ1) is 50.5. The molecule has 0 saturated carbocycles. The number of hydrogen-bond acceptors (Lipinski definition) is 12. The molecule has 12 heteroatoms. The monoisotopic (exact) mass is 877 g/mol. The van der Waals surface area contributed by atoms with Crippen LogP contribution in [0.1, 0.15) is 138 Å². The molecule has 4 rings (SSSR count). The zero-order chi connectivity index (χ0) is 45.2. The van der Waals surface area contributed by atoms with Crippen LogP contribution in [0, 0.1) is 0 Å². The van der Waals surface area contributed by atoms with Gasteiger partial charge in [-0.15, -0.1) is 0 Å². The maximum Gasteiger partial charge on any atom is 0.344 e. The van der Waals surface area contributed by atoms with Crippen LogP contribution >= 0.6 is 0 Å². The van der Waals surface area contributed by atoms with Gasteiger partial charge >= 0.3 is 17.9 Å². The van der Waals surface area contributed by atoms with Gasteiger partial charge in [-0.25, -0.2) is 14.4 Å². The number of carbonyl (C=O) groups excluding carboxylic acids is 3. The third kappa shape index (κ3) is 16.2. The third-order valence-electron chi connectivity index (χ3n) is 10.5. The molecule has 0 spiro atoms. The van der Waals surface area contributed by atoms with Gasteiger partial charge in [-0.1, -0.05) is 99.3 Å². The number of ether oxygens (including phenoxy) is 9. The van der Waals surface area contributed by atoms with E-state index in [1.165, 1.54) is 0 Å². The number of rotatable bonds is 33. The van der Waals surface area contributed by atoms with Crippen LogP contribution in [0.25, 0.3) is 32.3 Å². The summed E-state index contributed by atoms with van der Waals surface area (Å²) in [5.41, 5.74) is 0. The number of carbonyl (C=O) groups is 3. The molecule has 0 amide bonds. The second-order valence-electron chi connectivity index (χ2n) is 15.8. The normalized spacial score (nSPS) is 11.1. The molecule has 0 atom stereocenters. The summed E-state index contributed by atoms with van der Waals surface area (Å²) >= 11 is 0. The van der Waals surface area contributed by atoms with Crippen LogP contribution in [0.3, 0.4) is 0 Å². The van der Waals surface area contributed by atoms with E-state index in [0.29, 0.717) is 74.1 Å². The number of fused-ring (bicyclic) bond motifs is 6. The lowest BCUT2D eigenvalue weighted by molar-refractivity contribution is -0.147. The quantitative estimate of drug-likeness (QED) is 0.0195. The van der Waals surface area contributed by atoms with Crippen LogP contribution in [0.15, 0.2) is 36.4 Å². The molecule has 0 radical (unpaired) electrons. The minimum Gasteiger partial charge on any atom is -0.490 e. The van der Waals surface area contributed by atoms with Crippen molar-refractivity contribution in [3.8, 4) is 34.5 Å². The van der Waals surface area contributed by atoms with Crippen LogP contribution in [-0.2, 0) is 28.6 Å². The van der Waals surface area contributed by atoms with Gasteiger partial charge in [0.05, 0.1) is 39.6 Å². The average molecular weight is 877 g/mol. The van der Waals surface area contributed by atoms with Crippen LogP contribution in [-0.4, -0.2) is 77.4 Å². The van der Waals surface area contributed by atoms with Gasteiger partial charge in [0, 0.05) is 0 Å². The summed E-state index contributed by atoms with van der Waals surface area (Å²) in [7, 11) is 0. The fourth-order valence-electron chi connectivity index (χ4n) is 6.82. The second kappa shape index (κ2) is 28.5. The first-order chi connectivity index (χ1) is 30.8. The van der Waals surface area contributed by atoms with E-state index in [1.54, 1.807) is 0 Å². The molecule has 0 heterocycles. The van der Waals surface area contributed by atoms with E-state index >= 15 is 0 Å². The lowest BCUT2D eigenvalue weighted by atomic mass is 9.93. The van der Waals surface area contributed by atoms with Gasteiger partial charge in [0.25, 0.3) is 0 Å². The lowest BCUT2D eigenvalue weighted by Crippen LogP contribution is -2.16. The average Bonchev–Trinajstić information content (AvgIpc) is 3.28. The molecule has 4 aromatic carbocycles. The van der Waals surface area contributed by atoms with Gasteiger partial charge in [0.1, 0.15) is 0 Å². The Morgan fingerprint density at radius 3 is 0.746 bits per heavy atom. The zero-order valence-electron chi connectivity index (χ0n) is 38.8. The summed E-state index contributed by atoms with van der Waals surface area (Å²) < 4.78 is 54.2. The van der Waals surface area contributed by atoms with Gasteiger partial charge < -0.3 is 42.6 Å². The first-order valence-corrected chi connectivity index (χ1v) is 23.6. The summed E-state index contributed by atoms with van der Waals surface area (Å²) in [5, 5.41) is 4.74. The van der Waals surface area contributed by atoms with E-state index < -0.39 is 17.9 Å². The minimum absolute atomic E-state index is 0.290. The predicted molar refractivity (Wildman–Crippen MR) is 248 cm³/mol. The van der Waals surface area contributed by atoms with Crippen molar-refractivity contribution in [3.63, 3.8) is 0 Å². The fourth-order valence-corrected chi connectivity index (χ4v) is 6.82. The van der Waals surface area contributed by atoms with Crippen molar-refractivity contribution in [2.24, 2.45) is 0 Å². The molecule has 0 fully saturated rings. The Morgan fingerprint density at radius 1 is 0.302 bits per heavy atom. The Balaban J connectivity index is 2.00. The molecule has 12 nitrogen and oxygen atoms in total. The molecule has 0 aliphatic carbocycles. The largest absolute Gasteiger partial charge is 0.490 e. The highest BCUT2D eigenvalue weighted by Gasteiger charge is 2.22. The number of unbranched alkanes of at least 4 members (excludes halogenated alkanes) is 9.